The highest BCUT2D eigenvalue weighted by Crippen LogP contribution is 2.28. The van der Waals surface area contributed by atoms with Crippen LogP contribution in [0.4, 0.5) is 5.13 Å². The molecule has 112 valence electrons. The summed E-state index contributed by atoms with van der Waals surface area (Å²) in [6, 6.07) is 0. The summed E-state index contributed by atoms with van der Waals surface area (Å²) < 4.78 is 2.37. The first-order valence-corrected chi connectivity index (χ1v) is 8.15. The molecule has 2 rings (SSSR count). The lowest BCUT2D eigenvalue weighted by molar-refractivity contribution is 0.502. The van der Waals surface area contributed by atoms with Crippen molar-refractivity contribution in [3.63, 3.8) is 0 Å². The summed E-state index contributed by atoms with van der Waals surface area (Å²) in [5.41, 5.74) is -0.0907. The minimum absolute atomic E-state index is 0.0907. The van der Waals surface area contributed by atoms with Crippen molar-refractivity contribution in [2.45, 2.75) is 29.8 Å². The van der Waals surface area contributed by atoms with Gasteiger partial charge in [0.1, 0.15) is 0 Å². The molecule has 0 radical (unpaired) electrons. The predicted molar refractivity (Wildman–Crippen MR) is 86.1 cm³/mol. The largest absolute Gasteiger partial charge is 0.357 e. The van der Waals surface area contributed by atoms with E-state index >= 15 is 0 Å². The van der Waals surface area contributed by atoms with Gasteiger partial charge in [0, 0.05) is 25.5 Å². The van der Waals surface area contributed by atoms with Crippen LogP contribution >= 0.6 is 23.1 Å². The Bertz CT molecular complexity index is 665. The third-order valence-corrected chi connectivity index (χ3v) is 4.34. The molecule has 0 atom stereocenters. The maximum absolute atomic E-state index is 12.3. The van der Waals surface area contributed by atoms with Gasteiger partial charge in [-0.25, -0.2) is 4.98 Å². The molecule has 0 fully saturated rings. The van der Waals surface area contributed by atoms with Crippen molar-refractivity contribution in [1.82, 2.24) is 19.7 Å². The Labute approximate surface area is 131 Å². The van der Waals surface area contributed by atoms with E-state index in [0.717, 1.165) is 0 Å². The minimum atomic E-state index is -0.0907. The molecule has 2 aromatic rings. The van der Waals surface area contributed by atoms with E-state index in [1.807, 2.05) is 0 Å². The van der Waals surface area contributed by atoms with E-state index < -0.39 is 0 Å². The molecular formula is C13H17N5OS2. The standard InChI is InChI=1S/C13H17N5OS2/c1-4-5-15-12-16-17-13(21-12)20-10-11(19)18(7-6-14-10)8-9(2)3/h4,6-7,9H,1,5,8H2,2-3H3,(H,15,16). The van der Waals surface area contributed by atoms with E-state index in [1.54, 1.807) is 23.0 Å². The summed E-state index contributed by atoms with van der Waals surface area (Å²) in [6.45, 7) is 9.08. The van der Waals surface area contributed by atoms with E-state index in [9.17, 15) is 4.79 Å². The fourth-order valence-electron chi connectivity index (χ4n) is 1.60. The van der Waals surface area contributed by atoms with Gasteiger partial charge in [0.25, 0.3) is 5.56 Å². The highest BCUT2D eigenvalue weighted by Gasteiger charge is 2.11. The summed E-state index contributed by atoms with van der Waals surface area (Å²) in [7, 11) is 0. The lowest BCUT2D eigenvalue weighted by atomic mass is 10.2. The Morgan fingerprint density at radius 3 is 3.05 bits per heavy atom. The van der Waals surface area contributed by atoms with Crippen molar-refractivity contribution in [3.8, 4) is 0 Å². The number of anilines is 1. The number of hydrogen-bond donors (Lipinski definition) is 1. The van der Waals surface area contributed by atoms with Crippen molar-refractivity contribution < 1.29 is 0 Å². The van der Waals surface area contributed by atoms with Crippen molar-refractivity contribution in [1.29, 1.82) is 0 Å². The molecule has 0 aromatic carbocycles. The average Bonchev–Trinajstić information content (AvgIpc) is 2.88. The van der Waals surface area contributed by atoms with Crippen LogP contribution in [0.2, 0.25) is 0 Å². The topological polar surface area (TPSA) is 72.7 Å². The second-order valence-corrected chi connectivity index (χ2v) is 6.94. The van der Waals surface area contributed by atoms with Crippen LogP contribution in [0.1, 0.15) is 13.8 Å². The quantitative estimate of drug-likeness (QED) is 0.789. The molecule has 0 spiro atoms. The van der Waals surface area contributed by atoms with Crippen molar-refractivity contribution >= 4 is 28.2 Å². The SMILES string of the molecule is C=CCNc1nnc(Sc2nccn(CC(C)C)c2=O)s1. The molecule has 0 aliphatic rings. The summed E-state index contributed by atoms with van der Waals surface area (Å²) in [4.78, 5) is 16.4. The van der Waals surface area contributed by atoms with Crippen molar-refractivity contribution in [3.05, 3.63) is 35.4 Å². The molecule has 1 N–H and O–H groups in total. The van der Waals surface area contributed by atoms with Crippen LogP contribution in [-0.4, -0.2) is 26.3 Å². The number of hydrogen-bond acceptors (Lipinski definition) is 7. The van der Waals surface area contributed by atoms with Crippen LogP contribution < -0.4 is 10.9 Å². The average molecular weight is 323 g/mol. The molecule has 0 amide bonds. The molecular weight excluding hydrogens is 306 g/mol. The first-order valence-electron chi connectivity index (χ1n) is 6.51. The third kappa shape index (κ3) is 4.40. The smallest absolute Gasteiger partial charge is 0.283 e. The van der Waals surface area contributed by atoms with Gasteiger partial charge in [-0.2, -0.15) is 0 Å². The van der Waals surface area contributed by atoms with Crippen LogP contribution in [-0.2, 0) is 6.54 Å². The summed E-state index contributed by atoms with van der Waals surface area (Å²) >= 11 is 2.63. The molecule has 0 aliphatic carbocycles. The second kappa shape index (κ2) is 7.37. The molecule has 2 heterocycles. The van der Waals surface area contributed by atoms with Gasteiger partial charge in [-0.1, -0.05) is 31.3 Å². The lowest BCUT2D eigenvalue weighted by Crippen LogP contribution is -2.23. The minimum Gasteiger partial charge on any atom is -0.357 e. The zero-order chi connectivity index (χ0) is 15.2. The Morgan fingerprint density at radius 1 is 1.52 bits per heavy atom. The van der Waals surface area contributed by atoms with Crippen LogP contribution in [0.15, 0.2) is 39.2 Å². The Hall–Kier alpha value is -1.67. The van der Waals surface area contributed by atoms with Gasteiger partial charge < -0.3 is 9.88 Å². The van der Waals surface area contributed by atoms with E-state index in [2.05, 4.69) is 40.9 Å². The van der Waals surface area contributed by atoms with Gasteiger partial charge in [-0.05, 0) is 17.7 Å². The van der Waals surface area contributed by atoms with E-state index in [4.69, 9.17) is 0 Å². The number of rotatable bonds is 7. The Kier molecular flexibility index (Phi) is 5.51. The zero-order valence-electron chi connectivity index (χ0n) is 11.9. The van der Waals surface area contributed by atoms with E-state index in [1.165, 1.54) is 23.1 Å². The van der Waals surface area contributed by atoms with E-state index in [0.29, 0.717) is 33.5 Å². The summed E-state index contributed by atoms with van der Waals surface area (Å²) in [6.07, 6.45) is 5.10. The predicted octanol–water partition coefficient (Wildman–Crippen LogP) is 2.50. The first-order chi connectivity index (χ1) is 10.1. The lowest BCUT2D eigenvalue weighted by Gasteiger charge is -2.08. The monoisotopic (exact) mass is 323 g/mol. The Balaban J connectivity index is 2.14. The number of nitrogens with one attached hydrogen (secondary N) is 1. The van der Waals surface area contributed by atoms with Gasteiger partial charge in [0.15, 0.2) is 9.37 Å². The Morgan fingerprint density at radius 2 is 2.33 bits per heavy atom. The van der Waals surface area contributed by atoms with Gasteiger partial charge in [-0.15, -0.1) is 16.8 Å². The molecule has 0 bridgehead atoms. The fraction of sp³-hybridized carbons (Fsp3) is 0.385. The molecule has 0 saturated heterocycles. The molecule has 21 heavy (non-hydrogen) atoms. The summed E-state index contributed by atoms with van der Waals surface area (Å²) in [5, 5.41) is 12.2. The second-order valence-electron chi connectivity index (χ2n) is 4.73. The van der Waals surface area contributed by atoms with Crippen LogP contribution in [0.25, 0.3) is 0 Å². The maximum atomic E-state index is 12.3. The van der Waals surface area contributed by atoms with Gasteiger partial charge >= 0.3 is 0 Å². The van der Waals surface area contributed by atoms with Crippen molar-refractivity contribution in [2.24, 2.45) is 5.92 Å². The van der Waals surface area contributed by atoms with Gasteiger partial charge in [-0.3, -0.25) is 4.79 Å². The maximum Gasteiger partial charge on any atom is 0.283 e. The van der Waals surface area contributed by atoms with Gasteiger partial charge in [0.05, 0.1) is 0 Å². The van der Waals surface area contributed by atoms with Crippen molar-refractivity contribution in [2.75, 3.05) is 11.9 Å². The third-order valence-electron chi connectivity index (χ3n) is 2.43. The molecule has 0 unspecified atom stereocenters. The normalized spacial score (nSPS) is 10.8. The van der Waals surface area contributed by atoms with Crippen LogP contribution in [0.3, 0.4) is 0 Å². The first kappa shape index (κ1) is 15.7. The van der Waals surface area contributed by atoms with Crippen LogP contribution in [0.5, 0.6) is 0 Å². The van der Waals surface area contributed by atoms with Crippen LogP contribution in [0, 0.1) is 5.92 Å². The molecule has 0 saturated carbocycles. The number of aromatic nitrogens is 4. The number of nitrogens with zero attached hydrogens (tertiary/aromatic N) is 4. The van der Waals surface area contributed by atoms with Gasteiger partial charge in [0.2, 0.25) is 5.13 Å². The molecule has 8 heteroatoms. The molecule has 2 aromatic heterocycles. The zero-order valence-corrected chi connectivity index (χ0v) is 13.6. The van der Waals surface area contributed by atoms with E-state index in [-0.39, 0.29) is 5.56 Å². The molecule has 0 aliphatic heterocycles. The fourth-order valence-corrected chi connectivity index (χ4v) is 3.29. The highest BCUT2D eigenvalue weighted by molar-refractivity contribution is 8.01. The highest BCUT2D eigenvalue weighted by atomic mass is 32.2. The molecule has 6 nitrogen and oxygen atoms in total. The summed E-state index contributed by atoms with van der Waals surface area (Å²) in [5.74, 6) is 0.402.